The molecule has 0 aromatic rings. The van der Waals surface area contributed by atoms with Crippen LogP contribution in [-0.2, 0) is 4.74 Å². The minimum atomic E-state index is -2.41. The summed E-state index contributed by atoms with van der Waals surface area (Å²) in [4.78, 5) is 0. The van der Waals surface area contributed by atoms with Crippen LogP contribution in [-0.4, -0.2) is 17.1 Å². The summed E-state index contributed by atoms with van der Waals surface area (Å²) in [6, 6.07) is 0. The van der Waals surface area contributed by atoms with Crippen molar-refractivity contribution in [2.45, 2.75) is 95.7 Å². The molecule has 0 N–H and O–H groups in total. The van der Waals surface area contributed by atoms with Crippen molar-refractivity contribution >= 4 is 0 Å². The topological polar surface area (TPSA) is 12.5 Å². The summed E-state index contributed by atoms with van der Waals surface area (Å²) >= 11 is 0. The maximum Gasteiger partial charge on any atom is 0.248 e. The van der Waals surface area contributed by atoms with E-state index in [2.05, 4.69) is 20.8 Å². The zero-order valence-electron chi connectivity index (χ0n) is 15.4. The number of fused-ring (bicyclic) bond motifs is 4. The molecule has 1 spiro atoms. The first kappa shape index (κ1) is 16.0. The zero-order valence-corrected chi connectivity index (χ0v) is 15.4. The Morgan fingerprint density at radius 2 is 1.67 bits per heavy atom. The van der Waals surface area contributed by atoms with Gasteiger partial charge in [0.2, 0.25) is 5.92 Å². The van der Waals surface area contributed by atoms with Crippen LogP contribution >= 0.6 is 0 Å². The van der Waals surface area contributed by atoms with Crippen molar-refractivity contribution < 1.29 is 13.5 Å². The highest BCUT2D eigenvalue weighted by atomic mass is 19.3. The first-order valence-corrected chi connectivity index (χ1v) is 10.3. The number of alkyl halides is 2. The van der Waals surface area contributed by atoms with Gasteiger partial charge in [-0.05, 0) is 80.0 Å². The Bertz CT molecular complexity index is 560. The van der Waals surface area contributed by atoms with Crippen LogP contribution in [0.4, 0.5) is 8.78 Å². The van der Waals surface area contributed by atoms with Crippen molar-refractivity contribution in [1.29, 1.82) is 0 Å². The molecular weight excluding hydrogens is 306 g/mol. The van der Waals surface area contributed by atoms with Crippen molar-refractivity contribution in [2.24, 2.45) is 35.0 Å². The fourth-order valence-electron chi connectivity index (χ4n) is 8.21. The van der Waals surface area contributed by atoms with E-state index in [4.69, 9.17) is 4.74 Å². The molecule has 1 saturated heterocycles. The Hall–Kier alpha value is -0.180. The van der Waals surface area contributed by atoms with E-state index in [1.54, 1.807) is 0 Å². The highest BCUT2D eigenvalue weighted by molar-refractivity contribution is 5.28. The minimum absolute atomic E-state index is 0.117. The van der Waals surface area contributed by atoms with Crippen LogP contribution in [0.2, 0.25) is 0 Å². The number of hydrogen-bond donors (Lipinski definition) is 0. The summed E-state index contributed by atoms with van der Waals surface area (Å²) in [6.07, 6.45) is 8.15. The van der Waals surface area contributed by atoms with Crippen molar-refractivity contribution in [2.75, 3.05) is 0 Å². The monoisotopic (exact) mass is 338 g/mol. The summed E-state index contributed by atoms with van der Waals surface area (Å²) in [6.45, 7) is 7.01. The molecule has 5 aliphatic rings. The molecule has 5 fully saturated rings. The normalized spacial score (nSPS) is 57.8. The first-order valence-electron chi connectivity index (χ1n) is 10.3. The molecule has 136 valence electrons. The molecule has 0 bridgehead atoms. The van der Waals surface area contributed by atoms with Crippen LogP contribution in [0, 0.1) is 35.0 Å². The number of epoxide rings is 1. The van der Waals surface area contributed by atoms with Gasteiger partial charge in [-0.25, -0.2) is 8.78 Å². The van der Waals surface area contributed by atoms with E-state index in [1.165, 1.54) is 32.1 Å². The lowest BCUT2D eigenvalue weighted by Gasteiger charge is -2.59. The van der Waals surface area contributed by atoms with Crippen molar-refractivity contribution in [3.8, 4) is 0 Å². The standard InChI is InChI=1S/C21H32F2O/c1-13(2)20-8-7-17-15-5-4-14-12-19(22,23)11-10-18(14,3)16(15)6-9-21(17,20)24-20/h13-17H,4-12H2,1-3H3/t14?,15-,16?,17?,18+,20-,21-/m1/s1. The number of halogens is 2. The van der Waals surface area contributed by atoms with Gasteiger partial charge in [0.15, 0.2) is 0 Å². The van der Waals surface area contributed by atoms with Crippen LogP contribution in [0.1, 0.15) is 78.6 Å². The fourth-order valence-corrected chi connectivity index (χ4v) is 8.21. The van der Waals surface area contributed by atoms with Crippen LogP contribution in [0.15, 0.2) is 0 Å². The Balaban J connectivity index is 1.43. The largest absolute Gasteiger partial charge is 0.362 e. The molecule has 4 aliphatic carbocycles. The van der Waals surface area contributed by atoms with Gasteiger partial charge in [0, 0.05) is 12.8 Å². The van der Waals surface area contributed by atoms with E-state index in [0.29, 0.717) is 17.8 Å². The Morgan fingerprint density at radius 1 is 0.917 bits per heavy atom. The smallest absolute Gasteiger partial charge is 0.248 e. The van der Waals surface area contributed by atoms with Gasteiger partial charge in [0.1, 0.15) is 11.2 Å². The van der Waals surface area contributed by atoms with Gasteiger partial charge >= 0.3 is 0 Å². The average Bonchev–Trinajstić information content (AvgIpc) is 3.05. The molecular formula is C21H32F2O. The Labute approximate surface area is 144 Å². The average molecular weight is 338 g/mol. The molecule has 0 amide bonds. The molecule has 7 atom stereocenters. The second-order valence-electron chi connectivity index (χ2n) is 10.3. The summed E-state index contributed by atoms with van der Waals surface area (Å²) in [5, 5.41) is 0. The molecule has 24 heavy (non-hydrogen) atoms. The molecule has 0 aromatic carbocycles. The van der Waals surface area contributed by atoms with E-state index in [-0.39, 0.29) is 35.4 Å². The van der Waals surface area contributed by atoms with Crippen LogP contribution < -0.4 is 0 Å². The van der Waals surface area contributed by atoms with Gasteiger partial charge in [-0.3, -0.25) is 0 Å². The third-order valence-corrected chi connectivity index (χ3v) is 9.46. The summed E-state index contributed by atoms with van der Waals surface area (Å²) in [5.41, 5.74) is 0.494. The predicted octanol–water partition coefficient (Wildman–Crippen LogP) is 5.82. The number of ether oxygens (including phenoxy) is 1. The van der Waals surface area contributed by atoms with Gasteiger partial charge in [0.25, 0.3) is 0 Å². The lowest BCUT2D eigenvalue weighted by molar-refractivity contribution is -0.157. The van der Waals surface area contributed by atoms with E-state index in [9.17, 15) is 8.78 Å². The molecule has 1 aliphatic heterocycles. The molecule has 0 aromatic heterocycles. The highest BCUT2D eigenvalue weighted by Gasteiger charge is 2.80. The van der Waals surface area contributed by atoms with Crippen LogP contribution in [0.3, 0.4) is 0 Å². The maximum absolute atomic E-state index is 14.0. The van der Waals surface area contributed by atoms with Gasteiger partial charge in [-0.15, -0.1) is 0 Å². The Kier molecular flexibility index (Phi) is 3.04. The van der Waals surface area contributed by atoms with Gasteiger partial charge < -0.3 is 4.74 Å². The van der Waals surface area contributed by atoms with Crippen molar-refractivity contribution in [3.63, 3.8) is 0 Å². The summed E-state index contributed by atoms with van der Waals surface area (Å²) in [7, 11) is 0. The SMILES string of the molecule is CC(C)[C@]12CCC3[C@@H]4CCC5CC(F)(F)CC[C@]5(C)C4CC[C@@]31O2. The third-order valence-electron chi connectivity index (χ3n) is 9.46. The summed E-state index contributed by atoms with van der Waals surface area (Å²) < 4.78 is 34.5. The van der Waals surface area contributed by atoms with E-state index in [0.717, 1.165) is 18.8 Å². The van der Waals surface area contributed by atoms with E-state index < -0.39 is 5.92 Å². The van der Waals surface area contributed by atoms with E-state index in [1.807, 2.05) is 0 Å². The van der Waals surface area contributed by atoms with Gasteiger partial charge in [-0.2, -0.15) is 0 Å². The van der Waals surface area contributed by atoms with Crippen molar-refractivity contribution in [3.05, 3.63) is 0 Å². The van der Waals surface area contributed by atoms with Crippen molar-refractivity contribution in [1.82, 2.24) is 0 Å². The number of hydrogen-bond acceptors (Lipinski definition) is 1. The molecule has 3 unspecified atom stereocenters. The fraction of sp³-hybridized carbons (Fsp3) is 1.00. The number of rotatable bonds is 1. The lowest BCUT2D eigenvalue weighted by Crippen LogP contribution is -2.54. The molecule has 5 rings (SSSR count). The molecule has 1 heterocycles. The second-order valence-corrected chi connectivity index (χ2v) is 10.3. The maximum atomic E-state index is 14.0. The van der Waals surface area contributed by atoms with E-state index >= 15 is 0 Å². The molecule has 4 saturated carbocycles. The zero-order chi connectivity index (χ0) is 17.0. The highest BCUT2D eigenvalue weighted by Crippen LogP contribution is 2.75. The van der Waals surface area contributed by atoms with Crippen LogP contribution in [0.5, 0.6) is 0 Å². The Morgan fingerprint density at radius 3 is 2.38 bits per heavy atom. The van der Waals surface area contributed by atoms with Crippen LogP contribution in [0.25, 0.3) is 0 Å². The molecule has 3 heteroatoms. The summed E-state index contributed by atoms with van der Waals surface area (Å²) in [5.74, 6) is 0.545. The molecule has 0 radical (unpaired) electrons. The predicted molar refractivity (Wildman–Crippen MR) is 90.0 cm³/mol. The third kappa shape index (κ3) is 1.74. The van der Waals surface area contributed by atoms with Gasteiger partial charge in [-0.1, -0.05) is 20.8 Å². The van der Waals surface area contributed by atoms with Gasteiger partial charge in [0.05, 0.1) is 0 Å². The first-order chi connectivity index (χ1) is 11.2. The molecule has 1 nitrogen and oxygen atoms in total. The second kappa shape index (κ2) is 4.56. The quantitative estimate of drug-likeness (QED) is 0.549. The minimum Gasteiger partial charge on any atom is -0.362 e. The lowest BCUT2D eigenvalue weighted by atomic mass is 9.46.